The number of rotatable bonds is 9. The van der Waals surface area contributed by atoms with Gasteiger partial charge in [-0.3, -0.25) is 9.89 Å². The molecule has 0 aromatic heterocycles. The Hall–Kier alpha value is -0.630. The van der Waals surface area contributed by atoms with Crippen LogP contribution >= 0.6 is 0 Å². The lowest BCUT2D eigenvalue weighted by Crippen LogP contribution is -2.29. The van der Waals surface area contributed by atoms with Gasteiger partial charge in [-0.25, -0.2) is 0 Å². The van der Waals surface area contributed by atoms with Crippen LogP contribution in [0, 0.1) is 0 Å². The van der Waals surface area contributed by atoms with Crippen molar-refractivity contribution in [3.05, 3.63) is 12.2 Å². The first-order valence-corrected chi connectivity index (χ1v) is 6.57. The SMILES string of the molecule is CC/C=C/C=N\CN(C)C(C)CCCCC. The molecule has 0 heterocycles. The molecule has 1 atom stereocenters. The van der Waals surface area contributed by atoms with Crippen molar-refractivity contribution in [3.8, 4) is 0 Å². The summed E-state index contributed by atoms with van der Waals surface area (Å²) in [5.41, 5.74) is 0. The third-order valence-electron chi connectivity index (χ3n) is 2.85. The molecule has 0 fully saturated rings. The normalized spacial score (nSPS) is 14.3. The van der Waals surface area contributed by atoms with Crippen molar-refractivity contribution in [3.63, 3.8) is 0 Å². The fourth-order valence-electron chi connectivity index (χ4n) is 1.48. The van der Waals surface area contributed by atoms with Gasteiger partial charge in [-0.1, -0.05) is 39.2 Å². The van der Waals surface area contributed by atoms with Crippen molar-refractivity contribution >= 4 is 6.21 Å². The number of hydrogen-bond donors (Lipinski definition) is 0. The summed E-state index contributed by atoms with van der Waals surface area (Å²) in [4.78, 5) is 6.68. The first kappa shape index (κ1) is 15.4. The van der Waals surface area contributed by atoms with E-state index in [0.29, 0.717) is 6.04 Å². The molecule has 94 valence electrons. The van der Waals surface area contributed by atoms with E-state index in [1.807, 2.05) is 12.3 Å². The first-order chi connectivity index (χ1) is 7.72. The summed E-state index contributed by atoms with van der Waals surface area (Å²) in [5.74, 6) is 0. The van der Waals surface area contributed by atoms with Gasteiger partial charge in [0.05, 0.1) is 6.67 Å². The van der Waals surface area contributed by atoms with E-state index in [2.05, 4.69) is 43.8 Å². The van der Waals surface area contributed by atoms with Crippen LogP contribution in [0.3, 0.4) is 0 Å². The molecule has 1 unspecified atom stereocenters. The molecule has 0 aliphatic heterocycles. The minimum Gasteiger partial charge on any atom is -0.285 e. The summed E-state index contributed by atoms with van der Waals surface area (Å²) in [6.07, 6.45) is 12.4. The minimum atomic E-state index is 0.638. The topological polar surface area (TPSA) is 15.6 Å². The van der Waals surface area contributed by atoms with E-state index >= 15 is 0 Å². The molecule has 0 amide bonds. The Balaban J connectivity index is 3.65. The van der Waals surface area contributed by atoms with E-state index in [1.54, 1.807) is 0 Å². The highest BCUT2D eigenvalue weighted by Gasteiger charge is 2.06. The van der Waals surface area contributed by atoms with Crippen molar-refractivity contribution < 1.29 is 0 Å². The quantitative estimate of drug-likeness (QED) is 0.428. The monoisotopic (exact) mass is 224 g/mol. The van der Waals surface area contributed by atoms with Crippen molar-refractivity contribution in [1.29, 1.82) is 0 Å². The molecule has 0 spiro atoms. The maximum Gasteiger partial charge on any atom is 0.0909 e. The zero-order valence-electron chi connectivity index (χ0n) is 11.4. The summed E-state index contributed by atoms with van der Waals surface area (Å²) in [6.45, 7) is 7.47. The molecule has 0 bridgehead atoms. The van der Waals surface area contributed by atoms with Crippen LogP contribution in [0.25, 0.3) is 0 Å². The van der Waals surface area contributed by atoms with Gasteiger partial charge in [0.25, 0.3) is 0 Å². The van der Waals surface area contributed by atoms with E-state index in [1.165, 1.54) is 25.7 Å². The van der Waals surface area contributed by atoms with Crippen molar-refractivity contribution in [2.45, 2.75) is 58.9 Å². The fourth-order valence-corrected chi connectivity index (χ4v) is 1.48. The van der Waals surface area contributed by atoms with Crippen LogP contribution in [-0.2, 0) is 0 Å². The zero-order chi connectivity index (χ0) is 12.2. The molecular formula is C14H28N2. The minimum absolute atomic E-state index is 0.638. The zero-order valence-corrected chi connectivity index (χ0v) is 11.4. The van der Waals surface area contributed by atoms with Gasteiger partial charge in [0.2, 0.25) is 0 Å². The highest BCUT2D eigenvalue weighted by atomic mass is 15.2. The largest absolute Gasteiger partial charge is 0.285 e. The molecule has 0 rings (SSSR count). The van der Waals surface area contributed by atoms with Crippen molar-refractivity contribution in [1.82, 2.24) is 4.90 Å². The molecule has 0 aliphatic rings. The van der Waals surface area contributed by atoms with Crippen LogP contribution in [-0.4, -0.2) is 30.9 Å². The standard InChI is InChI=1S/C14H28N2/c1-5-7-9-11-14(3)16(4)13-15-12-10-8-6-2/h8,10,12,14H,5-7,9,11,13H2,1-4H3/b10-8+,15-12-. The Bertz CT molecular complexity index is 197. The van der Waals surface area contributed by atoms with E-state index in [9.17, 15) is 0 Å². The molecule has 2 nitrogen and oxygen atoms in total. The van der Waals surface area contributed by atoms with Gasteiger partial charge >= 0.3 is 0 Å². The highest BCUT2D eigenvalue weighted by molar-refractivity contribution is 5.70. The third kappa shape index (κ3) is 8.66. The lowest BCUT2D eigenvalue weighted by molar-refractivity contribution is 0.249. The summed E-state index contributed by atoms with van der Waals surface area (Å²) in [7, 11) is 2.15. The van der Waals surface area contributed by atoms with Crippen LogP contribution in [0.5, 0.6) is 0 Å². The second-order valence-corrected chi connectivity index (χ2v) is 4.41. The number of hydrogen-bond acceptors (Lipinski definition) is 2. The van der Waals surface area contributed by atoms with Gasteiger partial charge in [0, 0.05) is 12.3 Å². The molecule has 16 heavy (non-hydrogen) atoms. The summed E-state index contributed by atoms with van der Waals surface area (Å²) in [6, 6.07) is 0.638. The molecule has 0 radical (unpaired) electrons. The van der Waals surface area contributed by atoms with E-state index in [0.717, 1.165) is 13.1 Å². The molecule has 0 N–H and O–H groups in total. The third-order valence-corrected chi connectivity index (χ3v) is 2.85. The average molecular weight is 224 g/mol. The second kappa shape index (κ2) is 10.9. The lowest BCUT2D eigenvalue weighted by atomic mass is 10.1. The number of aliphatic imine (C=N–C) groups is 1. The van der Waals surface area contributed by atoms with Gasteiger partial charge in [-0.15, -0.1) is 0 Å². The number of nitrogens with zero attached hydrogens (tertiary/aromatic N) is 2. The first-order valence-electron chi connectivity index (χ1n) is 6.57. The number of unbranched alkanes of at least 4 members (excludes halogenated alkanes) is 2. The van der Waals surface area contributed by atoms with Crippen LogP contribution in [0.2, 0.25) is 0 Å². The molecule has 0 aliphatic carbocycles. The molecular weight excluding hydrogens is 196 g/mol. The van der Waals surface area contributed by atoms with Crippen molar-refractivity contribution in [2.24, 2.45) is 4.99 Å². The van der Waals surface area contributed by atoms with E-state index in [4.69, 9.17) is 0 Å². The Kier molecular flexibility index (Phi) is 10.4. The van der Waals surface area contributed by atoms with E-state index < -0.39 is 0 Å². The van der Waals surface area contributed by atoms with Gasteiger partial charge < -0.3 is 0 Å². The maximum absolute atomic E-state index is 4.37. The molecule has 0 aromatic rings. The summed E-state index contributed by atoms with van der Waals surface area (Å²) < 4.78 is 0. The fraction of sp³-hybridized carbons (Fsp3) is 0.786. The van der Waals surface area contributed by atoms with Gasteiger partial charge in [-0.05, 0) is 32.9 Å². The summed E-state index contributed by atoms with van der Waals surface area (Å²) in [5, 5.41) is 0. The number of allylic oxidation sites excluding steroid dienone is 2. The van der Waals surface area contributed by atoms with Crippen LogP contribution < -0.4 is 0 Å². The summed E-state index contributed by atoms with van der Waals surface area (Å²) >= 11 is 0. The second-order valence-electron chi connectivity index (χ2n) is 4.41. The van der Waals surface area contributed by atoms with E-state index in [-0.39, 0.29) is 0 Å². The molecule has 2 heteroatoms. The van der Waals surface area contributed by atoms with Crippen LogP contribution in [0.1, 0.15) is 52.9 Å². The average Bonchev–Trinajstić information content (AvgIpc) is 2.28. The molecule has 0 saturated carbocycles. The Morgan fingerprint density at radius 3 is 2.62 bits per heavy atom. The smallest absolute Gasteiger partial charge is 0.0909 e. The molecule has 0 saturated heterocycles. The lowest BCUT2D eigenvalue weighted by Gasteiger charge is -2.22. The Labute approximate surface area is 101 Å². The van der Waals surface area contributed by atoms with Gasteiger partial charge in [0.1, 0.15) is 0 Å². The van der Waals surface area contributed by atoms with Crippen LogP contribution in [0.15, 0.2) is 17.1 Å². The van der Waals surface area contributed by atoms with Crippen molar-refractivity contribution in [2.75, 3.05) is 13.7 Å². The van der Waals surface area contributed by atoms with Gasteiger partial charge in [0.15, 0.2) is 0 Å². The maximum atomic E-state index is 4.37. The predicted molar refractivity (Wildman–Crippen MR) is 74.2 cm³/mol. The predicted octanol–water partition coefficient (Wildman–Crippen LogP) is 3.88. The highest BCUT2D eigenvalue weighted by Crippen LogP contribution is 2.07. The molecule has 0 aromatic carbocycles. The van der Waals surface area contributed by atoms with Crippen LogP contribution in [0.4, 0.5) is 0 Å². The Morgan fingerprint density at radius 1 is 1.25 bits per heavy atom. The van der Waals surface area contributed by atoms with Gasteiger partial charge in [-0.2, -0.15) is 0 Å². The Morgan fingerprint density at radius 2 is 2.00 bits per heavy atom.